The zero-order valence-corrected chi connectivity index (χ0v) is 10.6. The molecule has 6 heteroatoms. The van der Waals surface area contributed by atoms with Gasteiger partial charge in [0.1, 0.15) is 6.61 Å². The second-order valence-electron chi connectivity index (χ2n) is 2.92. The quantitative estimate of drug-likeness (QED) is 0.823. The number of hydrogen-bond acceptors (Lipinski definition) is 2. The molecule has 3 N–H and O–H groups in total. The van der Waals surface area contributed by atoms with Crippen molar-refractivity contribution in [3.8, 4) is 0 Å². The van der Waals surface area contributed by atoms with Crippen molar-refractivity contribution in [1.82, 2.24) is 0 Å². The Hall–Kier alpha value is 0.0200. The van der Waals surface area contributed by atoms with Gasteiger partial charge in [0.25, 0.3) is 5.92 Å². The number of benzene rings is 1. The largest absolute Gasteiger partial charge is 0.390 e. The molecule has 0 unspecified atom stereocenters. The molecule has 86 valence electrons. The van der Waals surface area contributed by atoms with Crippen LogP contribution in [-0.2, 0) is 0 Å². The lowest BCUT2D eigenvalue weighted by Gasteiger charge is -2.22. The Labute approximate surface area is 106 Å². The fraction of sp³-hybridized carbons (Fsp3) is 0.333. The summed E-state index contributed by atoms with van der Waals surface area (Å²) < 4.78 is 26.7. The van der Waals surface area contributed by atoms with Gasteiger partial charge in [-0.1, -0.05) is 18.2 Å². The predicted octanol–water partition coefficient (Wildman–Crippen LogP) is 2.34. The molecule has 0 aliphatic rings. The van der Waals surface area contributed by atoms with Crippen molar-refractivity contribution >= 4 is 35.0 Å². The van der Waals surface area contributed by atoms with Crippen LogP contribution in [0.15, 0.2) is 24.3 Å². The molecule has 15 heavy (non-hydrogen) atoms. The van der Waals surface area contributed by atoms with Gasteiger partial charge in [0.15, 0.2) is 0 Å². The van der Waals surface area contributed by atoms with E-state index in [0.29, 0.717) is 9.13 Å². The molecule has 1 aromatic carbocycles. The van der Waals surface area contributed by atoms with E-state index in [2.05, 4.69) is 0 Å². The highest BCUT2D eigenvalue weighted by Gasteiger charge is 2.37. The predicted molar refractivity (Wildman–Crippen MR) is 65.4 cm³/mol. The van der Waals surface area contributed by atoms with Crippen LogP contribution in [0.1, 0.15) is 11.6 Å². The first kappa shape index (κ1) is 15.0. The molecule has 0 fully saturated rings. The first-order chi connectivity index (χ1) is 6.49. The highest BCUT2D eigenvalue weighted by molar-refractivity contribution is 14.1. The zero-order chi connectivity index (χ0) is 10.8. The van der Waals surface area contributed by atoms with Crippen molar-refractivity contribution in [1.29, 1.82) is 0 Å². The summed E-state index contributed by atoms with van der Waals surface area (Å²) in [7, 11) is 0. The van der Waals surface area contributed by atoms with E-state index >= 15 is 0 Å². The van der Waals surface area contributed by atoms with Gasteiger partial charge in [-0.15, -0.1) is 12.4 Å². The van der Waals surface area contributed by atoms with Crippen molar-refractivity contribution in [2.45, 2.75) is 12.0 Å². The fourth-order valence-corrected chi connectivity index (χ4v) is 1.78. The number of rotatable bonds is 3. The Morgan fingerprint density at radius 2 is 1.93 bits per heavy atom. The summed E-state index contributed by atoms with van der Waals surface area (Å²) in [5.74, 6) is -3.28. The minimum absolute atomic E-state index is 0. The SMILES string of the molecule is Cl.N[C@@H](c1ccccc1I)C(F)(F)CO. The number of halogens is 4. The molecule has 2 nitrogen and oxygen atoms in total. The van der Waals surface area contributed by atoms with E-state index < -0.39 is 18.6 Å². The molecule has 0 spiro atoms. The lowest BCUT2D eigenvalue weighted by atomic mass is 10.0. The fourth-order valence-electron chi connectivity index (χ4n) is 1.05. The van der Waals surface area contributed by atoms with Crippen molar-refractivity contribution in [3.63, 3.8) is 0 Å². The zero-order valence-electron chi connectivity index (χ0n) is 7.66. The van der Waals surface area contributed by atoms with Crippen molar-refractivity contribution < 1.29 is 13.9 Å². The first-order valence-electron chi connectivity index (χ1n) is 3.97. The molecular formula is C9H11ClF2INO. The van der Waals surface area contributed by atoms with Gasteiger partial charge in [-0.2, -0.15) is 0 Å². The van der Waals surface area contributed by atoms with Crippen LogP contribution in [0.4, 0.5) is 8.78 Å². The average Bonchev–Trinajstić information content (AvgIpc) is 2.17. The lowest BCUT2D eigenvalue weighted by molar-refractivity contribution is -0.0713. The van der Waals surface area contributed by atoms with Crippen LogP contribution in [0.5, 0.6) is 0 Å². The third-order valence-corrected chi connectivity index (χ3v) is 2.89. The van der Waals surface area contributed by atoms with Gasteiger partial charge in [0.2, 0.25) is 0 Å². The van der Waals surface area contributed by atoms with Crippen LogP contribution < -0.4 is 5.73 Å². The lowest BCUT2D eigenvalue weighted by Crippen LogP contribution is -2.36. The summed E-state index contributed by atoms with van der Waals surface area (Å²) in [6, 6.07) is 5.17. The number of alkyl halides is 2. The Morgan fingerprint density at radius 1 is 1.40 bits per heavy atom. The van der Waals surface area contributed by atoms with Crippen molar-refractivity contribution in [3.05, 3.63) is 33.4 Å². The molecule has 0 bridgehead atoms. The number of aliphatic hydroxyl groups excluding tert-OH is 1. The van der Waals surface area contributed by atoms with Gasteiger partial charge in [-0.25, -0.2) is 8.78 Å². The molecule has 1 rings (SSSR count). The van der Waals surface area contributed by atoms with Crippen LogP contribution in [0, 0.1) is 3.57 Å². The highest BCUT2D eigenvalue weighted by atomic mass is 127. The molecular weight excluding hydrogens is 338 g/mol. The van der Waals surface area contributed by atoms with Crippen LogP contribution in [0.2, 0.25) is 0 Å². The molecule has 0 heterocycles. The van der Waals surface area contributed by atoms with E-state index in [1.165, 1.54) is 6.07 Å². The van der Waals surface area contributed by atoms with Crippen LogP contribution >= 0.6 is 35.0 Å². The Balaban J connectivity index is 0.00000196. The number of hydrogen-bond donors (Lipinski definition) is 2. The summed E-state index contributed by atoms with van der Waals surface area (Å²) in [4.78, 5) is 0. The van der Waals surface area contributed by atoms with Gasteiger partial charge in [-0.05, 0) is 34.2 Å². The molecule has 0 saturated heterocycles. The van der Waals surface area contributed by atoms with Crippen molar-refractivity contribution in [2.75, 3.05) is 6.61 Å². The Bertz CT molecular complexity index is 325. The molecule has 0 radical (unpaired) electrons. The van der Waals surface area contributed by atoms with E-state index in [4.69, 9.17) is 10.8 Å². The van der Waals surface area contributed by atoms with Crippen LogP contribution in [0.3, 0.4) is 0 Å². The number of aliphatic hydroxyl groups is 1. The van der Waals surface area contributed by atoms with Crippen LogP contribution in [-0.4, -0.2) is 17.6 Å². The summed E-state index contributed by atoms with van der Waals surface area (Å²) >= 11 is 1.94. The second kappa shape index (κ2) is 5.93. The minimum atomic E-state index is -3.28. The molecule has 0 aliphatic carbocycles. The minimum Gasteiger partial charge on any atom is -0.390 e. The van der Waals surface area contributed by atoms with E-state index in [0.717, 1.165) is 0 Å². The molecule has 0 amide bonds. The summed E-state index contributed by atoms with van der Waals surface area (Å²) in [5, 5.41) is 8.48. The molecule has 0 saturated carbocycles. The molecule has 0 aromatic heterocycles. The van der Waals surface area contributed by atoms with Gasteiger partial charge in [0, 0.05) is 3.57 Å². The normalized spacial score (nSPS) is 13.1. The van der Waals surface area contributed by atoms with Gasteiger partial charge >= 0.3 is 0 Å². The standard InChI is InChI=1S/C9H10F2INO.ClH/c10-9(11,5-14)8(13)6-3-1-2-4-7(6)12;/h1-4,8,14H,5,13H2;1H/t8-;/m0./s1. The van der Waals surface area contributed by atoms with Gasteiger partial charge < -0.3 is 10.8 Å². The van der Waals surface area contributed by atoms with E-state index in [1.807, 2.05) is 22.6 Å². The topological polar surface area (TPSA) is 46.2 Å². The maximum atomic E-state index is 13.0. The van der Waals surface area contributed by atoms with Gasteiger partial charge in [0.05, 0.1) is 6.04 Å². The van der Waals surface area contributed by atoms with Crippen LogP contribution in [0.25, 0.3) is 0 Å². The average molecular weight is 350 g/mol. The third kappa shape index (κ3) is 3.51. The maximum Gasteiger partial charge on any atom is 0.289 e. The summed E-state index contributed by atoms with van der Waals surface area (Å²) in [5.41, 5.74) is 5.72. The highest BCUT2D eigenvalue weighted by Crippen LogP contribution is 2.30. The summed E-state index contributed by atoms with van der Waals surface area (Å²) in [6.45, 7) is -1.24. The number of nitrogens with two attached hydrogens (primary N) is 1. The third-order valence-electron chi connectivity index (χ3n) is 1.91. The second-order valence-corrected chi connectivity index (χ2v) is 4.08. The molecule has 1 atom stereocenters. The van der Waals surface area contributed by atoms with E-state index in [9.17, 15) is 8.78 Å². The van der Waals surface area contributed by atoms with Gasteiger partial charge in [-0.3, -0.25) is 0 Å². The Morgan fingerprint density at radius 3 is 2.40 bits per heavy atom. The van der Waals surface area contributed by atoms with E-state index in [-0.39, 0.29) is 12.4 Å². The smallest absolute Gasteiger partial charge is 0.289 e. The molecule has 0 aliphatic heterocycles. The van der Waals surface area contributed by atoms with Crippen molar-refractivity contribution in [2.24, 2.45) is 5.73 Å². The maximum absolute atomic E-state index is 13.0. The van der Waals surface area contributed by atoms with E-state index in [1.54, 1.807) is 18.2 Å². The Kier molecular flexibility index (Phi) is 5.94. The first-order valence-corrected chi connectivity index (χ1v) is 5.05. The molecule has 1 aromatic rings. The summed E-state index contributed by atoms with van der Waals surface area (Å²) in [6.07, 6.45) is 0. The monoisotopic (exact) mass is 349 g/mol.